The molecule has 4 atom stereocenters. The van der Waals surface area contributed by atoms with E-state index in [1.807, 2.05) is 25.3 Å². The second kappa shape index (κ2) is 17.0. The predicted octanol–water partition coefficient (Wildman–Crippen LogP) is 3.03. The fourth-order valence-electron chi connectivity index (χ4n) is 2.92. The smallest absolute Gasteiger partial charge is 0.326 e. The summed E-state index contributed by atoms with van der Waals surface area (Å²) in [7, 11) is 0. The van der Waals surface area contributed by atoms with Crippen LogP contribution in [-0.4, -0.2) is 70.9 Å². The van der Waals surface area contributed by atoms with E-state index >= 15 is 0 Å². The molecule has 0 spiro atoms. The molecular weight excluding hydrogens is 406 g/mol. The van der Waals surface area contributed by atoms with Crippen molar-refractivity contribution in [2.45, 2.75) is 71.0 Å². The van der Waals surface area contributed by atoms with Gasteiger partial charge in [-0.3, -0.25) is 4.79 Å². The zero-order chi connectivity index (χ0) is 22.2. The number of nitrogens with zero attached hydrogens (tertiary/aromatic N) is 1. The van der Waals surface area contributed by atoms with Crippen molar-refractivity contribution in [3.63, 3.8) is 0 Å². The van der Waals surface area contributed by atoms with Crippen molar-refractivity contribution in [1.82, 2.24) is 10.2 Å². The van der Waals surface area contributed by atoms with Gasteiger partial charge in [0.1, 0.15) is 6.04 Å². The Labute approximate surface area is 186 Å². The number of rotatable bonds is 17. The third-order valence-corrected chi connectivity index (χ3v) is 6.19. The van der Waals surface area contributed by atoms with E-state index in [0.29, 0.717) is 36.9 Å². The molecular formula is C21H41N3O3S2. The summed E-state index contributed by atoms with van der Waals surface area (Å²) in [5.41, 5.74) is 5.95. The number of nitrogens with one attached hydrogen (secondary N) is 1. The lowest BCUT2D eigenvalue weighted by Gasteiger charge is -2.29. The highest BCUT2D eigenvalue weighted by molar-refractivity contribution is 7.98. The summed E-state index contributed by atoms with van der Waals surface area (Å²) < 4.78 is 0. The molecule has 170 valence electrons. The molecule has 0 rings (SSSR count). The van der Waals surface area contributed by atoms with Crippen LogP contribution in [0.3, 0.4) is 0 Å². The van der Waals surface area contributed by atoms with Crippen molar-refractivity contribution >= 4 is 36.3 Å². The average Bonchev–Trinajstić information content (AvgIpc) is 2.71. The van der Waals surface area contributed by atoms with Crippen molar-refractivity contribution in [2.75, 3.05) is 30.9 Å². The highest BCUT2D eigenvalue weighted by Gasteiger charge is 2.28. The minimum atomic E-state index is -0.924. The molecule has 0 aliphatic carbocycles. The summed E-state index contributed by atoms with van der Waals surface area (Å²) in [4.78, 5) is 26.1. The third-order valence-electron chi connectivity index (χ3n) is 5.07. The van der Waals surface area contributed by atoms with Crippen LogP contribution in [0.25, 0.3) is 0 Å². The number of hydrogen-bond acceptors (Lipinski definition) is 6. The van der Waals surface area contributed by atoms with Crippen LogP contribution in [0.15, 0.2) is 12.2 Å². The van der Waals surface area contributed by atoms with E-state index in [2.05, 4.69) is 31.8 Å². The van der Waals surface area contributed by atoms with Crippen LogP contribution >= 0.6 is 24.4 Å². The van der Waals surface area contributed by atoms with Gasteiger partial charge >= 0.3 is 5.97 Å². The number of carboxylic acid groups (broad SMARTS) is 1. The number of carbonyl (C=O) groups excluding carboxylic acids is 1. The molecule has 0 saturated carbocycles. The molecule has 0 fully saturated rings. The van der Waals surface area contributed by atoms with Gasteiger partial charge in [0.15, 0.2) is 0 Å². The van der Waals surface area contributed by atoms with Gasteiger partial charge < -0.3 is 21.1 Å². The molecule has 0 radical (unpaired) electrons. The largest absolute Gasteiger partial charge is 0.480 e. The van der Waals surface area contributed by atoms with Crippen molar-refractivity contribution < 1.29 is 14.7 Å². The summed E-state index contributed by atoms with van der Waals surface area (Å²) in [5.74, 6) is 0.679. The van der Waals surface area contributed by atoms with E-state index in [4.69, 9.17) is 5.73 Å². The van der Waals surface area contributed by atoms with Gasteiger partial charge in [-0.1, -0.05) is 45.8 Å². The zero-order valence-corrected chi connectivity index (χ0v) is 20.2. The van der Waals surface area contributed by atoms with Crippen LogP contribution in [0.5, 0.6) is 0 Å². The Bertz CT molecular complexity index is 492. The molecule has 0 bridgehead atoms. The van der Waals surface area contributed by atoms with Crippen molar-refractivity contribution in [3.8, 4) is 0 Å². The van der Waals surface area contributed by atoms with Gasteiger partial charge in [0.25, 0.3) is 0 Å². The second-order valence-corrected chi connectivity index (χ2v) is 8.82. The van der Waals surface area contributed by atoms with Gasteiger partial charge in [0, 0.05) is 37.3 Å². The summed E-state index contributed by atoms with van der Waals surface area (Å²) in [6, 6.07) is -0.654. The van der Waals surface area contributed by atoms with Crippen molar-refractivity contribution in [1.29, 1.82) is 0 Å². The molecule has 8 heteroatoms. The lowest BCUT2D eigenvalue weighted by atomic mass is 9.98. The van der Waals surface area contributed by atoms with Crippen molar-refractivity contribution in [2.24, 2.45) is 11.7 Å². The number of carboxylic acids is 1. The van der Waals surface area contributed by atoms with Gasteiger partial charge in [-0.25, -0.2) is 4.79 Å². The molecule has 0 heterocycles. The number of carbonyl (C=O) groups is 2. The van der Waals surface area contributed by atoms with E-state index in [1.54, 1.807) is 16.7 Å². The van der Waals surface area contributed by atoms with Crippen LogP contribution in [0.2, 0.25) is 0 Å². The Balaban J connectivity index is 5.11. The standard InChI is InChI=1S/C21H41N3O3S2/c1-5-7-12-24(19(21(26)27)11-13-29-4)20(25)10-8-9-18(16(3)6-2)23-14-17(22)15-28/h8-9,16-19,23,28H,5-7,10-15,22H2,1-4H3,(H,26,27)/t16-,17+,18+,19+/m0/s1. The molecule has 29 heavy (non-hydrogen) atoms. The fraction of sp³-hybridized carbons (Fsp3) is 0.810. The van der Waals surface area contributed by atoms with Gasteiger partial charge in [-0.15, -0.1) is 0 Å². The molecule has 0 aromatic carbocycles. The lowest BCUT2D eigenvalue weighted by Crippen LogP contribution is -2.46. The van der Waals surface area contributed by atoms with Gasteiger partial charge in [0.2, 0.25) is 5.91 Å². The molecule has 0 aromatic rings. The molecule has 4 N–H and O–H groups in total. The normalized spacial score (nSPS) is 15.8. The van der Waals surface area contributed by atoms with E-state index in [0.717, 1.165) is 19.3 Å². The maximum Gasteiger partial charge on any atom is 0.326 e. The minimum absolute atomic E-state index is 0.0165. The Kier molecular flexibility index (Phi) is 16.6. The molecule has 0 aliphatic heterocycles. The Morgan fingerprint density at radius 1 is 1.34 bits per heavy atom. The number of aliphatic carboxylic acids is 1. The summed E-state index contributed by atoms with van der Waals surface area (Å²) >= 11 is 5.82. The van der Waals surface area contributed by atoms with Crippen LogP contribution in [0, 0.1) is 5.92 Å². The first-order valence-corrected chi connectivity index (χ1v) is 12.6. The maximum absolute atomic E-state index is 12.8. The van der Waals surface area contributed by atoms with E-state index in [1.165, 1.54) is 0 Å². The second-order valence-electron chi connectivity index (χ2n) is 7.47. The average molecular weight is 448 g/mol. The molecule has 0 aliphatic rings. The number of thiol groups is 1. The third kappa shape index (κ3) is 11.9. The zero-order valence-electron chi connectivity index (χ0n) is 18.5. The van der Waals surface area contributed by atoms with Crippen LogP contribution < -0.4 is 11.1 Å². The highest BCUT2D eigenvalue weighted by Crippen LogP contribution is 2.14. The number of hydrogen-bond donors (Lipinski definition) is 4. The molecule has 0 aromatic heterocycles. The first kappa shape index (κ1) is 28.3. The molecule has 0 saturated heterocycles. The Hall–Kier alpha value is -0.700. The molecule has 0 unspecified atom stereocenters. The van der Waals surface area contributed by atoms with E-state index in [-0.39, 0.29) is 24.4 Å². The van der Waals surface area contributed by atoms with Gasteiger partial charge in [-0.05, 0) is 30.8 Å². The quantitative estimate of drug-likeness (QED) is 0.202. The van der Waals surface area contributed by atoms with Crippen molar-refractivity contribution in [3.05, 3.63) is 12.2 Å². The summed E-state index contributed by atoms with van der Waals surface area (Å²) in [6.45, 7) is 7.48. The number of unbranched alkanes of at least 4 members (excludes halogenated alkanes) is 1. The minimum Gasteiger partial charge on any atom is -0.480 e. The Morgan fingerprint density at radius 3 is 2.55 bits per heavy atom. The Morgan fingerprint density at radius 2 is 2.03 bits per heavy atom. The van der Waals surface area contributed by atoms with E-state index < -0.39 is 12.0 Å². The summed E-state index contributed by atoms with van der Waals surface area (Å²) in [6.07, 6.45) is 9.23. The first-order chi connectivity index (χ1) is 13.8. The monoisotopic (exact) mass is 447 g/mol. The fourth-order valence-corrected chi connectivity index (χ4v) is 3.51. The van der Waals surface area contributed by atoms with Crippen LogP contribution in [0.4, 0.5) is 0 Å². The SMILES string of the molecule is CCCCN(C(=O)CC=C[C@@H](NC[C@@H](N)CS)[C@@H](C)CC)[C@H](CCSC)C(=O)O. The molecule has 1 amide bonds. The molecule has 6 nitrogen and oxygen atoms in total. The van der Waals surface area contributed by atoms with Crippen LogP contribution in [-0.2, 0) is 9.59 Å². The highest BCUT2D eigenvalue weighted by atomic mass is 32.2. The topological polar surface area (TPSA) is 95.7 Å². The number of amides is 1. The lowest BCUT2D eigenvalue weighted by molar-refractivity contribution is -0.150. The van der Waals surface area contributed by atoms with Crippen LogP contribution in [0.1, 0.15) is 52.9 Å². The predicted molar refractivity (Wildman–Crippen MR) is 128 cm³/mol. The summed E-state index contributed by atoms with van der Waals surface area (Å²) in [5, 5.41) is 13.1. The number of nitrogens with two attached hydrogens (primary N) is 1. The van der Waals surface area contributed by atoms with Gasteiger partial charge in [0.05, 0.1) is 0 Å². The van der Waals surface area contributed by atoms with Gasteiger partial charge in [-0.2, -0.15) is 24.4 Å². The maximum atomic E-state index is 12.8. The van der Waals surface area contributed by atoms with E-state index in [9.17, 15) is 14.7 Å². The number of thioether (sulfide) groups is 1. The first-order valence-electron chi connectivity index (χ1n) is 10.6.